The Labute approximate surface area is 121 Å². The van der Waals surface area contributed by atoms with Crippen molar-refractivity contribution in [2.24, 2.45) is 0 Å². The number of benzene rings is 1. The Balaban J connectivity index is 2.24. The molecular weight excluding hydrogens is 310 g/mol. The molecular formula is C13H18BrN3O2. The van der Waals surface area contributed by atoms with Crippen molar-refractivity contribution in [1.29, 1.82) is 0 Å². The Hall–Kier alpha value is -1.14. The summed E-state index contributed by atoms with van der Waals surface area (Å²) >= 11 is 3.27. The molecule has 0 bridgehead atoms. The van der Waals surface area contributed by atoms with Gasteiger partial charge in [-0.05, 0) is 38.8 Å². The van der Waals surface area contributed by atoms with Crippen molar-refractivity contribution in [3.8, 4) is 0 Å². The number of nitro groups is 1. The standard InChI is InChI=1S/C13H18BrN3O2/c1-9-4-3-5-10(2)16(9)15-12-7-6-11(14)8-13(12)17(18)19/h6-10,15H,3-5H2,1-2H3. The molecule has 0 aliphatic carbocycles. The summed E-state index contributed by atoms with van der Waals surface area (Å²) in [6, 6.07) is 5.85. The molecule has 0 saturated carbocycles. The third-order valence-corrected chi connectivity index (χ3v) is 4.09. The summed E-state index contributed by atoms with van der Waals surface area (Å²) in [6.45, 7) is 4.29. The smallest absolute Gasteiger partial charge is 0.294 e. The maximum atomic E-state index is 11.1. The van der Waals surface area contributed by atoms with Crippen molar-refractivity contribution < 1.29 is 4.92 Å². The van der Waals surface area contributed by atoms with Gasteiger partial charge in [0, 0.05) is 22.6 Å². The lowest BCUT2D eigenvalue weighted by Gasteiger charge is -2.39. The average molecular weight is 328 g/mol. The van der Waals surface area contributed by atoms with Gasteiger partial charge in [-0.3, -0.25) is 10.1 Å². The van der Waals surface area contributed by atoms with Gasteiger partial charge in [0.25, 0.3) is 5.69 Å². The fourth-order valence-corrected chi connectivity index (χ4v) is 2.88. The number of rotatable bonds is 3. The zero-order valence-electron chi connectivity index (χ0n) is 11.1. The number of nitro benzene ring substituents is 1. The monoisotopic (exact) mass is 327 g/mol. The lowest BCUT2D eigenvalue weighted by atomic mass is 10.00. The highest BCUT2D eigenvalue weighted by atomic mass is 79.9. The molecule has 0 spiro atoms. The molecule has 1 fully saturated rings. The van der Waals surface area contributed by atoms with E-state index >= 15 is 0 Å². The van der Waals surface area contributed by atoms with Gasteiger partial charge < -0.3 is 5.43 Å². The number of nitrogens with one attached hydrogen (secondary N) is 1. The highest BCUT2D eigenvalue weighted by Gasteiger charge is 2.26. The highest BCUT2D eigenvalue weighted by molar-refractivity contribution is 9.10. The first-order valence-corrected chi connectivity index (χ1v) is 7.27. The predicted molar refractivity (Wildman–Crippen MR) is 79.0 cm³/mol. The van der Waals surface area contributed by atoms with E-state index in [9.17, 15) is 10.1 Å². The third kappa shape index (κ3) is 3.25. The van der Waals surface area contributed by atoms with Gasteiger partial charge in [-0.2, -0.15) is 0 Å². The van der Waals surface area contributed by atoms with Gasteiger partial charge in [-0.15, -0.1) is 0 Å². The highest BCUT2D eigenvalue weighted by Crippen LogP contribution is 2.31. The maximum absolute atomic E-state index is 11.1. The summed E-state index contributed by atoms with van der Waals surface area (Å²) in [5.74, 6) is 0. The fourth-order valence-electron chi connectivity index (χ4n) is 2.53. The molecule has 104 valence electrons. The summed E-state index contributed by atoms with van der Waals surface area (Å²) in [5.41, 5.74) is 3.87. The lowest BCUT2D eigenvalue weighted by molar-refractivity contribution is -0.384. The van der Waals surface area contributed by atoms with Crippen LogP contribution in [0.2, 0.25) is 0 Å². The molecule has 19 heavy (non-hydrogen) atoms. The zero-order valence-corrected chi connectivity index (χ0v) is 12.7. The molecule has 0 amide bonds. The van der Waals surface area contributed by atoms with Crippen LogP contribution in [0.1, 0.15) is 33.1 Å². The minimum Gasteiger partial charge on any atom is -0.312 e. The van der Waals surface area contributed by atoms with Gasteiger partial charge in [-0.25, -0.2) is 5.01 Å². The van der Waals surface area contributed by atoms with Crippen molar-refractivity contribution in [2.75, 3.05) is 5.43 Å². The molecule has 1 aromatic carbocycles. The molecule has 2 atom stereocenters. The minimum absolute atomic E-state index is 0.0966. The summed E-state index contributed by atoms with van der Waals surface area (Å²) in [6.07, 6.45) is 3.44. The van der Waals surface area contributed by atoms with Gasteiger partial charge in [0.2, 0.25) is 0 Å². The van der Waals surface area contributed by atoms with Crippen LogP contribution < -0.4 is 5.43 Å². The van der Waals surface area contributed by atoms with Crippen molar-refractivity contribution in [1.82, 2.24) is 5.01 Å². The van der Waals surface area contributed by atoms with Crippen LogP contribution in [0.4, 0.5) is 11.4 Å². The largest absolute Gasteiger partial charge is 0.312 e. The molecule has 1 aromatic rings. The van der Waals surface area contributed by atoms with Crippen molar-refractivity contribution in [3.63, 3.8) is 0 Å². The van der Waals surface area contributed by atoms with E-state index < -0.39 is 0 Å². The second-order valence-electron chi connectivity index (χ2n) is 5.07. The maximum Gasteiger partial charge on any atom is 0.294 e. The van der Waals surface area contributed by atoms with Gasteiger partial charge in [0.1, 0.15) is 5.69 Å². The van der Waals surface area contributed by atoms with Crippen molar-refractivity contribution >= 4 is 27.3 Å². The Bertz CT molecular complexity index is 471. The van der Waals surface area contributed by atoms with Gasteiger partial charge in [-0.1, -0.05) is 22.4 Å². The predicted octanol–water partition coefficient (Wildman–Crippen LogP) is 3.95. The van der Waals surface area contributed by atoms with Crippen molar-refractivity contribution in [2.45, 2.75) is 45.2 Å². The minimum atomic E-state index is -0.355. The molecule has 2 unspecified atom stereocenters. The van der Waals surface area contributed by atoms with Crippen LogP contribution in [0.25, 0.3) is 0 Å². The number of hydrazine groups is 1. The molecule has 1 N–H and O–H groups in total. The average Bonchev–Trinajstić information content (AvgIpc) is 2.35. The van der Waals surface area contributed by atoms with Gasteiger partial charge >= 0.3 is 0 Å². The number of piperidine rings is 1. The van der Waals surface area contributed by atoms with Gasteiger partial charge in [0.05, 0.1) is 4.92 Å². The second-order valence-corrected chi connectivity index (χ2v) is 5.98. The van der Waals surface area contributed by atoms with E-state index in [-0.39, 0.29) is 10.6 Å². The number of hydrogen-bond acceptors (Lipinski definition) is 4. The third-order valence-electron chi connectivity index (χ3n) is 3.60. The fraction of sp³-hybridized carbons (Fsp3) is 0.538. The molecule has 0 aromatic heterocycles. The van der Waals surface area contributed by atoms with E-state index in [4.69, 9.17) is 0 Å². The van der Waals surface area contributed by atoms with Crippen LogP contribution in [0.15, 0.2) is 22.7 Å². The van der Waals surface area contributed by atoms with E-state index in [0.717, 1.165) is 12.8 Å². The summed E-state index contributed by atoms with van der Waals surface area (Å²) < 4.78 is 0.712. The number of anilines is 1. The van der Waals surface area contributed by atoms with E-state index in [2.05, 4.69) is 40.2 Å². The second kappa shape index (κ2) is 5.88. The number of nitrogens with zero attached hydrogens (tertiary/aromatic N) is 2. The topological polar surface area (TPSA) is 58.4 Å². The van der Waals surface area contributed by atoms with Crippen LogP contribution in [0, 0.1) is 10.1 Å². The Morgan fingerprint density at radius 3 is 2.58 bits per heavy atom. The first-order valence-electron chi connectivity index (χ1n) is 6.48. The molecule has 1 aliphatic rings. The quantitative estimate of drug-likeness (QED) is 0.674. The summed E-state index contributed by atoms with van der Waals surface area (Å²) in [5, 5.41) is 13.2. The lowest BCUT2D eigenvalue weighted by Crippen LogP contribution is -2.47. The molecule has 0 radical (unpaired) electrons. The van der Waals surface area contributed by atoms with Crippen LogP contribution in [-0.2, 0) is 0 Å². The Morgan fingerprint density at radius 2 is 2.00 bits per heavy atom. The molecule has 1 heterocycles. The summed E-state index contributed by atoms with van der Waals surface area (Å²) in [4.78, 5) is 10.8. The number of halogens is 1. The van der Waals surface area contributed by atoms with Gasteiger partial charge in [0.15, 0.2) is 0 Å². The normalized spacial score (nSPS) is 24.2. The Kier molecular flexibility index (Phi) is 4.42. The van der Waals surface area contributed by atoms with Crippen molar-refractivity contribution in [3.05, 3.63) is 32.8 Å². The molecule has 1 saturated heterocycles. The van der Waals surface area contributed by atoms with Crippen LogP contribution in [-0.4, -0.2) is 22.0 Å². The molecule has 6 heteroatoms. The van der Waals surface area contributed by atoms with E-state index in [1.165, 1.54) is 12.5 Å². The first-order chi connectivity index (χ1) is 8.99. The summed E-state index contributed by atoms with van der Waals surface area (Å²) in [7, 11) is 0. The van der Waals surface area contributed by atoms with Crippen LogP contribution in [0.5, 0.6) is 0 Å². The number of hydrogen-bond donors (Lipinski definition) is 1. The van der Waals surface area contributed by atoms with E-state index in [1.54, 1.807) is 6.07 Å². The van der Waals surface area contributed by atoms with E-state index in [1.807, 2.05) is 6.07 Å². The zero-order chi connectivity index (χ0) is 14.0. The molecule has 1 aliphatic heterocycles. The molecule has 2 rings (SSSR count). The Morgan fingerprint density at radius 1 is 1.37 bits per heavy atom. The van der Waals surface area contributed by atoms with Crippen LogP contribution >= 0.6 is 15.9 Å². The first kappa shape index (κ1) is 14.3. The molecule has 5 nitrogen and oxygen atoms in total. The van der Waals surface area contributed by atoms with Crippen LogP contribution in [0.3, 0.4) is 0 Å². The SMILES string of the molecule is CC1CCCC(C)N1Nc1ccc(Br)cc1[N+](=O)[O-]. The van der Waals surface area contributed by atoms with E-state index in [0.29, 0.717) is 22.2 Å².